The molecule has 4 rings (SSSR count). The summed E-state index contributed by atoms with van der Waals surface area (Å²) in [5, 5.41) is 3.67. The summed E-state index contributed by atoms with van der Waals surface area (Å²) in [6.07, 6.45) is 3.60. The number of likely N-dealkylation sites (N-methyl/N-ethyl adjacent to an activating group) is 1. The summed E-state index contributed by atoms with van der Waals surface area (Å²) in [7, 11) is 2.16. The van der Waals surface area contributed by atoms with Crippen molar-refractivity contribution in [2.45, 2.75) is 57.8 Å². The van der Waals surface area contributed by atoms with E-state index in [2.05, 4.69) is 70.1 Å². The minimum atomic E-state index is 0.278. The Morgan fingerprint density at radius 3 is 2.57 bits per heavy atom. The number of anilines is 1. The quantitative estimate of drug-likeness (QED) is 0.824. The summed E-state index contributed by atoms with van der Waals surface area (Å²) in [5.74, 6) is 0.278. The number of para-hydroxylation sites is 1. The van der Waals surface area contributed by atoms with Gasteiger partial charge in [0.25, 0.3) is 0 Å². The first-order chi connectivity index (χ1) is 14.5. The van der Waals surface area contributed by atoms with Crippen molar-refractivity contribution in [1.29, 1.82) is 0 Å². The van der Waals surface area contributed by atoms with Crippen LogP contribution in [0.15, 0.2) is 24.3 Å². The summed E-state index contributed by atoms with van der Waals surface area (Å²) in [6.45, 7) is 11.8. The monoisotopic (exact) mass is 413 g/mol. The average Bonchev–Trinajstić information content (AvgIpc) is 3.11. The van der Waals surface area contributed by atoms with Crippen molar-refractivity contribution < 1.29 is 4.79 Å². The summed E-state index contributed by atoms with van der Waals surface area (Å²) < 4.78 is 0. The number of rotatable bonds is 3. The Morgan fingerprint density at radius 2 is 1.80 bits per heavy atom. The number of benzene rings is 1. The zero-order chi connectivity index (χ0) is 21.1. The fraction of sp³-hybridized carbons (Fsp3) is 0.708. The molecule has 30 heavy (non-hydrogen) atoms. The van der Waals surface area contributed by atoms with Gasteiger partial charge in [-0.25, -0.2) is 0 Å². The number of nitrogens with zero attached hydrogens (tertiary/aromatic N) is 4. The second-order valence-corrected chi connectivity index (χ2v) is 9.65. The second-order valence-electron chi connectivity index (χ2n) is 9.65. The van der Waals surface area contributed by atoms with Crippen LogP contribution in [0, 0.1) is 0 Å². The Bertz CT molecular complexity index is 715. The summed E-state index contributed by atoms with van der Waals surface area (Å²) >= 11 is 0. The molecule has 0 aromatic heterocycles. The number of amides is 1. The topological polar surface area (TPSA) is 42.1 Å². The highest BCUT2D eigenvalue weighted by Crippen LogP contribution is 2.31. The normalized spacial score (nSPS) is 26.9. The molecule has 1 N–H and O–H groups in total. The smallest absolute Gasteiger partial charge is 0.237 e. The fourth-order valence-corrected chi connectivity index (χ4v) is 5.52. The van der Waals surface area contributed by atoms with Crippen molar-refractivity contribution in [3.05, 3.63) is 29.8 Å². The van der Waals surface area contributed by atoms with Crippen LogP contribution < -0.4 is 5.32 Å². The molecule has 2 atom stereocenters. The molecular weight excluding hydrogens is 374 g/mol. The van der Waals surface area contributed by atoms with Gasteiger partial charge in [-0.15, -0.1) is 0 Å². The first kappa shape index (κ1) is 21.6. The summed E-state index contributed by atoms with van der Waals surface area (Å²) in [4.78, 5) is 23.0. The maximum Gasteiger partial charge on any atom is 0.237 e. The fourth-order valence-electron chi connectivity index (χ4n) is 5.52. The van der Waals surface area contributed by atoms with Crippen molar-refractivity contribution in [2.75, 3.05) is 58.2 Å². The molecule has 0 unspecified atom stereocenters. The number of fused-ring (bicyclic) bond motifs is 3. The molecular formula is C24H39N5O. The van der Waals surface area contributed by atoms with Crippen LogP contribution in [0.25, 0.3) is 0 Å². The molecule has 3 aliphatic rings. The second kappa shape index (κ2) is 9.67. The third-order valence-corrected chi connectivity index (χ3v) is 7.18. The molecule has 2 saturated heterocycles. The third-order valence-electron chi connectivity index (χ3n) is 7.18. The Morgan fingerprint density at radius 1 is 1.07 bits per heavy atom. The van der Waals surface area contributed by atoms with E-state index >= 15 is 0 Å². The molecule has 1 aromatic carbocycles. The standard InChI is InChI=1S/C24H39N5O/c1-19(2)29-21-8-9-22(29)17-28(24(30)18-27-14-12-26(3)13-15-27)16-20-6-4-5-7-23(20)25-11-10-21/h4-7,19,21-22,25H,8-18H2,1-3H3/t21-,22+/m1/s1. The van der Waals surface area contributed by atoms with E-state index in [9.17, 15) is 4.79 Å². The molecule has 3 heterocycles. The van der Waals surface area contributed by atoms with Crippen molar-refractivity contribution in [2.24, 2.45) is 0 Å². The van der Waals surface area contributed by atoms with Crippen LogP contribution in [0.2, 0.25) is 0 Å². The Labute approximate surface area is 182 Å². The summed E-state index contributed by atoms with van der Waals surface area (Å²) in [5.41, 5.74) is 2.42. The minimum Gasteiger partial charge on any atom is -0.385 e. The van der Waals surface area contributed by atoms with Crippen molar-refractivity contribution in [3.63, 3.8) is 0 Å². The Hall–Kier alpha value is -1.63. The largest absolute Gasteiger partial charge is 0.385 e. The Kier molecular flexibility index (Phi) is 6.96. The van der Waals surface area contributed by atoms with Gasteiger partial charge in [-0.05, 0) is 51.8 Å². The predicted molar refractivity (Wildman–Crippen MR) is 123 cm³/mol. The van der Waals surface area contributed by atoms with Gasteiger partial charge in [0.05, 0.1) is 6.54 Å². The predicted octanol–water partition coefficient (Wildman–Crippen LogP) is 2.32. The van der Waals surface area contributed by atoms with Gasteiger partial charge in [0.15, 0.2) is 0 Å². The van der Waals surface area contributed by atoms with Crippen LogP contribution in [0.1, 0.15) is 38.7 Å². The SMILES string of the molecule is CC(C)N1[C@H]2CCNc3ccccc3CN(C(=O)CN3CCN(C)CC3)C[C@@H]1CC2. The maximum atomic E-state index is 13.5. The molecule has 6 nitrogen and oxygen atoms in total. The number of piperazine rings is 1. The number of carbonyl (C=O) groups is 1. The third kappa shape index (κ3) is 4.98. The average molecular weight is 414 g/mol. The Balaban J connectivity index is 1.55. The van der Waals surface area contributed by atoms with E-state index in [4.69, 9.17) is 0 Å². The van der Waals surface area contributed by atoms with E-state index in [1.807, 2.05) is 0 Å². The van der Waals surface area contributed by atoms with Gasteiger partial charge in [0, 0.05) is 69.6 Å². The molecule has 1 amide bonds. The zero-order valence-corrected chi connectivity index (χ0v) is 19.0. The lowest BCUT2D eigenvalue weighted by Crippen LogP contribution is -2.51. The van der Waals surface area contributed by atoms with E-state index in [-0.39, 0.29) is 5.91 Å². The molecule has 1 aromatic rings. The highest BCUT2D eigenvalue weighted by molar-refractivity contribution is 5.78. The molecule has 2 bridgehead atoms. The highest BCUT2D eigenvalue weighted by Gasteiger charge is 2.37. The van der Waals surface area contributed by atoms with Crippen molar-refractivity contribution >= 4 is 11.6 Å². The molecule has 2 fully saturated rings. The van der Waals surface area contributed by atoms with Gasteiger partial charge in [-0.2, -0.15) is 0 Å². The molecule has 166 valence electrons. The lowest BCUT2D eigenvalue weighted by atomic mass is 10.1. The van der Waals surface area contributed by atoms with Crippen LogP contribution >= 0.6 is 0 Å². The first-order valence-corrected chi connectivity index (χ1v) is 11.8. The van der Waals surface area contributed by atoms with Crippen LogP contribution in [-0.4, -0.2) is 96.5 Å². The molecule has 0 aliphatic carbocycles. The van der Waals surface area contributed by atoms with E-state index in [1.54, 1.807) is 0 Å². The number of nitrogens with one attached hydrogen (secondary N) is 1. The molecule has 0 radical (unpaired) electrons. The van der Waals surface area contributed by atoms with Gasteiger partial charge in [0.1, 0.15) is 0 Å². The zero-order valence-electron chi connectivity index (χ0n) is 19.0. The lowest BCUT2D eigenvalue weighted by Gasteiger charge is -2.37. The number of hydrogen-bond acceptors (Lipinski definition) is 5. The van der Waals surface area contributed by atoms with E-state index in [0.717, 1.165) is 45.7 Å². The molecule has 6 heteroatoms. The van der Waals surface area contributed by atoms with Gasteiger partial charge < -0.3 is 15.1 Å². The minimum absolute atomic E-state index is 0.278. The maximum absolute atomic E-state index is 13.5. The van der Waals surface area contributed by atoms with Crippen molar-refractivity contribution in [1.82, 2.24) is 19.6 Å². The van der Waals surface area contributed by atoms with Gasteiger partial charge >= 0.3 is 0 Å². The van der Waals surface area contributed by atoms with Crippen LogP contribution in [0.4, 0.5) is 5.69 Å². The van der Waals surface area contributed by atoms with E-state index in [0.29, 0.717) is 31.2 Å². The van der Waals surface area contributed by atoms with Gasteiger partial charge in [-0.3, -0.25) is 14.6 Å². The van der Waals surface area contributed by atoms with E-state index in [1.165, 1.54) is 24.1 Å². The first-order valence-electron chi connectivity index (χ1n) is 11.8. The van der Waals surface area contributed by atoms with Crippen molar-refractivity contribution in [3.8, 4) is 0 Å². The number of carbonyl (C=O) groups excluding carboxylic acids is 1. The molecule has 3 aliphatic heterocycles. The van der Waals surface area contributed by atoms with Gasteiger partial charge in [-0.1, -0.05) is 18.2 Å². The van der Waals surface area contributed by atoms with Crippen LogP contribution in [-0.2, 0) is 11.3 Å². The van der Waals surface area contributed by atoms with E-state index < -0.39 is 0 Å². The van der Waals surface area contributed by atoms with Crippen LogP contribution in [0.3, 0.4) is 0 Å². The van der Waals surface area contributed by atoms with Gasteiger partial charge in [0.2, 0.25) is 5.91 Å². The summed E-state index contributed by atoms with van der Waals surface area (Å²) in [6, 6.07) is 10.1. The molecule has 0 saturated carbocycles. The highest BCUT2D eigenvalue weighted by atomic mass is 16.2. The lowest BCUT2D eigenvalue weighted by molar-refractivity contribution is -0.134. The molecule has 0 spiro atoms. The van der Waals surface area contributed by atoms with Crippen LogP contribution in [0.5, 0.6) is 0 Å². The number of hydrogen-bond donors (Lipinski definition) is 1.